The summed E-state index contributed by atoms with van der Waals surface area (Å²) in [5.41, 5.74) is 7.63. The van der Waals surface area contributed by atoms with Gasteiger partial charge in [-0.15, -0.1) is 0 Å². The number of benzene rings is 1. The molecule has 0 aliphatic carbocycles. The van der Waals surface area contributed by atoms with Gasteiger partial charge in [-0.25, -0.2) is 4.79 Å². The fourth-order valence-corrected chi connectivity index (χ4v) is 1.74. The molecular formula is C11H15N3O. The predicted molar refractivity (Wildman–Crippen MR) is 59.5 cm³/mol. The van der Waals surface area contributed by atoms with Crippen molar-refractivity contribution in [1.29, 1.82) is 0 Å². The highest BCUT2D eigenvalue weighted by atomic mass is 16.2. The molecule has 2 rings (SSSR count). The van der Waals surface area contributed by atoms with Gasteiger partial charge >= 0.3 is 6.03 Å². The van der Waals surface area contributed by atoms with Crippen LogP contribution < -0.4 is 11.1 Å². The van der Waals surface area contributed by atoms with Crippen molar-refractivity contribution >= 4 is 11.7 Å². The number of urea groups is 1. The van der Waals surface area contributed by atoms with Gasteiger partial charge in [0.25, 0.3) is 0 Å². The minimum absolute atomic E-state index is 0.0407. The number of nitrogens with zero attached hydrogens (tertiary/aromatic N) is 1. The van der Waals surface area contributed by atoms with Crippen molar-refractivity contribution in [1.82, 2.24) is 10.2 Å². The number of nitrogen functional groups attached to an aromatic ring is 1. The summed E-state index contributed by atoms with van der Waals surface area (Å²) in [6, 6.07) is 7.83. The smallest absolute Gasteiger partial charge is 0.317 e. The Kier molecular flexibility index (Phi) is 2.76. The molecule has 2 amide bonds. The van der Waals surface area contributed by atoms with Crippen molar-refractivity contribution in [2.45, 2.75) is 6.42 Å². The van der Waals surface area contributed by atoms with Gasteiger partial charge in [-0.1, -0.05) is 12.1 Å². The van der Waals surface area contributed by atoms with E-state index in [0.29, 0.717) is 0 Å². The summed E-state index contributed by atoms with van der Waals surface area (Å²) in [7, 11) is 0. The van der Waals surface area contributed by atoms with Gasteiger partial charge in [-0.05, 0) is 24.1 Å². The quantitative estimate of drug-likeness (QED) is 0.718. The number of hydrogen-bond donors (Lipinski definition) is 2. The number of amides is 2. The van der Waals surface area contributed by atoms with Crippen molar-refractivity contribution in [2.75, 3.05) is 25.4 Å². The summed E-state index contributed by atoms with van der Waals surface area (Å²) < 4.78 is 0. The average Bonchev–Trinajstić information content (AvgIpc) is 2.61. The minimum atomic E-state index is 0.0407. The molecule has 4 heteroatoms. The average molecular weight is 205 g/mol. The third-order valence-electron chi connectivity index (χ3n) is 2.57. The fraction of sp³-hybridized carbons (Fsp3) is 0.364. The molecule has 0 radical (unpaired) electrons. The van der Waals surface area contributed by atoms with Gasteiger partial charge in [0.1, 0.15) is 0 Å². The summed E-state index contributed by atoms with van der Waals surface area (Å²) in [4.78, 5) is 13.1. The topological polar surface area (TPSA) is 58.4 Å². The van der Waals surface area contributed by atoms with E-state index in [1.165, 1.54) is 5.56 Å². The lowest BCUT2D eigenvalue weighted by molar-refractivity contribution is 0.218. The molecule has 0 bridgehead atoms. The van der Waals surface area contributed by atoms with Gasteiger partial charge in [-0.3, -0.25) is 0 Å². The largest absolute Gasteiger partial charge is 0.399 e. The van der Waals surface area contributed by atoms with Gasteiger partial charge in [0.05, 0.1) is 0 Å². The highest BCUT2D eigenvalue weighted by Crippen LogP contribution is 2.08. The Labute approximate surface area is 89.1 Å². The van der Waals surface area contributed by atoms with Gasteiger partial charge in [0.2, 0.25) is 0 Å². The molecule has 3 N–H and O–H groups in total. The van der Waals surface area contributed by atoms with E-state index in [1.807, 2.05) is 29.2 Å². The lowest BCUT2D eigenvalue weighted by atomic mass is 10.1. The van der Waals surface area contributed by atoms with Crippen molar-refractivity contribution in [3.05, 3.63) is 29.8 Å². The van der Waals surface area contributed by atoms with Gasteiger partial charge in [0.15, 0.2) is 0 Å². The first-order valence-corrected chi connectivity index (χ1v) is 5.13. The first-order chi connectivity index (χ1) is 7.25. The second kappa shape index (κ2) is 4.21. The minimum Gasteiger partial charge on any atom is -0.399 e. The van der Waals surface area contributed by atoms with Gasteiger partial charge in [0, 0.05) is 25.3 Å². The standard InChI is InChI=1S/C11H15N3O/c12-10-3-1-2-9(8-10)4-6-14-7-5-13-11(14)15/h1-3,8H,4-7,12H2,(H,13,15). The van der Waals surface area contributed by atoms with Crippen molar-refractivity contribution in [2.24, 2.45) is 0 Å². The number of carbonyl (C=O) groups excluding carboxylic acids is 1. The Morgan fingerprint density at radius 3 is 3.00 bits per heavy atom. The van der Waals surface area contributed by atoms with Crippen LogP contribution in [0.25, 0.3) is 0 Å². The summed E-state index contributed by atoms with van der Waals surface area (Å²) in [5.74, 6) is 0. The number of hydrogen-bond acceptors (Lipinski definition) is 2. The number of nitrogens with one attached hydrogen (secondary N) is 1. The van der Waals surface area contributed by atoms with E-state index in [-0.39, 0.29) is 6.03 Å². The predicted octanol–water partition coefficient (Wildman–Crippen LogP) is 0.836. The maximum Gasteiger partial charge on any atom is 0.317 e. The van der Waals surface area contributed by atoms with Crippen molar-refractivity contribution < 1.29 is 4.79 Å². The van der Waals surface area contributed by atoms with E-state index in [9.17, 15) is 4.79 Å². The van der Waals surface area contributed by atoms with E-state index in [1.54, 1.807) is 0 Å². The molecule has 1 aliphatic rings. The zero-order valence-electron chi connectivity index (χ0n) is 8.57. The first-order valence-electron chi connectivity index (χ1n) is 5.13. The van der Waals surface area contributed by atoms with Crippen LogP contribution in [0, 0.1) is 0 Å². The molecule has 4 nitrogen and oxygen atoms in total. The number of rotatable bonds is 3. The fourth-order valence-electron chi connectivity index (χ4n) is 1.74. The molecule has 1 aromatic rings. The lowest BCUT2D eigenvalue weighted by Crippen LogP contribution is -2.29. The third-order valence-corrected chi connectivity index (χ3v) is 2.57. The Morgan fingerprint density at radius 1 is 1.47 bits per heavy atom. The number of nitrogens with two attached hydrogens (primary N) is 1. The molecule has 1 aliphatic heterocycles. The highest BCUT2D eigenvalue weighted by molar-refractivity contribution is 5.76. The second-order valence-corrected chi connectivity index (χ2v) is 3.71. The van der Waals surface area contributed by atoms with Crippen LogP contribution in [0.4, 0.5) is 10.5 Å². The summed E-state index contributed by atoms with van der Waals surface area (Å²) >= 11 is 0. The molecule has 1 saturated heterocycles. The SMILES string of the molecule is Nc1cccc(CCN2CCNC2=O)c1. The highest BCUT2D eigenvalue weighted by Gasteiger charge is 2.18. The Morgan fingerprint density at radius 2 is 2.33 bits per heavy atom. The van der Waals surface area contributed by atoms with Crippen LogP contribution in [-0.4, -0.2) is 30.6 Å². The molecule has 1 fully saturated rings. The van der Waals surface area contributed by atoms with Crippen molar-refractivity contribution in [3.63, 3.8) is 0 Å². The van der Waals surface area contributed by atoms with Gasteiger partial charge < -0.3 is 16.0 Å². The molecule has 0 spiro atoms. The molecule has 0 atom stereocenters. The molecule has 15 heavy (non-hydrogen) atoms. The van der Waals surface area contributed by atoms with Crippen LogP contribution in [0.3, 0.4) is 0 Å². The van der Waals surface area contributed by atoms with Crippen LogP contribution in [-0.2, 0) is 6.42 Å². The van der Waals surface area contributed by atoms with Gasteiger partial charge in [-0.2, -0.15) is 0 Å². The first kappa shape index (κ1) is 9.83. The molecule has 80 valence electrons. The van der Waals surface area contributed by atoms with E-state index >= 15 is 0 Å². The Bertz CT molecular complexity index is 365. The molecule has 0 aromatic heterocycles. The summed E-state index contributed by atoms with van der Waals surface area (Å²) in [6.07, 6.45) is 0.860. The maximum absolute atomic E-state index is 11.3. The van der Waals surface area contributed by atoms with Crippen molar-refractivity contribution in [3.8, 4) is 0 Å². The maximum atomic E-state index is 11.3. The zero-order chi connectivity index (χ0) is 10.7. The molecule has 1 aromatic carbocycles. The molecule has 0 unspecified atom stereocenters. The van der Waals surface area contributed by atoms with Crippen LogP contribution in [0.1, 0.15) is 5.56 Å². The Balaban J connectivity index is 1.90. The van der Waals surface area contributed by atoms with Crippen LogP contribution in [0.5, 0.6) is 0 Å². The second-order valence-electron chi connectivity index (χ2n) is 3.71. The lowest BCUT2D eigenvalue weighted by Gasteiger charge is -2.13. The van der Waals surface area contributed by atoms with E-state index in [4.69, 9.17) is 5.73 Å². The van der Waals surface area contributed by atoms with Crippen LogP contribution in [0.2, 0.25) is 0 Å². The monoisotopic (exact) mass is 205 g/mol. The Hall–Kier alpha value is -1.71. The third kappa shape index (κ3) is 2.40. The normalized spacial score (nSPS) is 15.5. The molecule has 1 heterocycles. The molecule has 0 saturated carbocycles. The number of carbonyl (C=O) groups is 1. The summed E-state index contributed by atoms with van der Waals surface area (Å²) in [5, 5.41) is 2.78. The molecular weight excluding hydrogens is 190 g/mol. The van der Waals surface area contributed by atoms with E-state index in [2.05, 4.69) is 5.32 Å². The van der Waals surface area contributed by atoms with E-state index in [0.717, 1.165) is 31.7 Å². The van der Waals surface area contributed by atoms with Crippen LogP contribution in [0.15, 0.2) is 24.3 Å². The zero-order valence-corrected chi connectivity index (χ0v) is 8.57. The van der Waals surface area contributed by atoms with Crippen LogP contribution >= 0.6 is 0 Å². The summed E-state index contributed by atoms with van der Waals surface area (Å²) in [6.45, 7) is 2.33. The van der Waals surface area contributed by atoms with E-state index < -0.39 is 0 Å². The number of anilines is 1.